The molecule has 3 nitrogen and oxygen atoms in total. The maximum atomic E-state index is 10.9. The van der Waals surface area contributed by atoms with Gasteiger partial charge in [-0.15, -0.1) is 6.58 Å². The smallest absolute Gasteiger partial charge is 0.311 e. The van der Waals surface area contributed by atoms with Gasteiger partial charge in [0.1, 0.15) is 0 Å². The Kier molecular flexibility index (Phi) is 4.54. The Bertz CT molecular complexity index is 140. The molecule has 0 fully saturated rings. The lowest BCUT2D eigenvalue weighted by atomic mass is 10.0. The number of allylic oxidation sites excluding steroid dienone is 1. The molecule has 2 atom stereocenters. The highest BCUT2D eigenvalue weighted by atomic mass is 16.5. The number of hydrogen-bond donors (Lipinski definition) is 1. The molecule has 0 aliphatic rings. The van der Waals surface area contributed by atoms with Gasteiger partial charge in [0.15, 0.2) is 0 Å². The van der Waals surface area contributed by atoms with Crippen molar-refractivity contribution in [3.8, 4) is 0 Å². The van der Waals surface area contributed by atoms with E-state index in [9.17, 15) is 4.79 Å². The first-order valence-corrected chi connectivity index (χ1v) is 3.50. The second kappa shape index (κ2) is 4.91. The maximum Gasteiger partial charge on any atom is 0.311 e. The van der Waals surface area contributed by atoms with Crippen LogP contribution < -0.4 is 0 Å². The molecule has 0 radical (unpaired) electrons. The Morgan fingerprint density at radius 2 is 2.36 bits per heavy atom. The molecule has 0 saturated heterocycles. The average Bonchev–Trinajstić information content (AvgIpc) is 1.98. The van der Waals surface area contributed by atoms with Gasteiger partial charge in [-0.05, 0) is 13.3 Å². The quantitative estimate of drug-likeness (QED) is 0.484. The Hall–Kier alpha value is -0.830. The van der Waals surface area contributed by atoms with E-state index in [1.165, 1.54) is 7.11 Å². The van der Waals surface area contributed by atoms with Crippen molar-refractivity contribution < 1.29 is 14.6 Å². The van der Waals surface area contributed by atoms with Gasteiger partial charge >= 0.3 is 5.97 Å². The van der Waals surface area contributed by atoms with Crippen LogP contribution in [0.25, 0.3) is 0 Å². The standard InChI is InChI=1S/C8H14O3/c1-4-5-7(6(2)9)8(10)11-3/h4,6-7,9H,1,5H2,2-3H3/t6-,7?/m1/s1. The van der Waals surface area contributed by atoms with Crippen molar-refractivity contribution in [2.24, 2.45) is 5.92 Å². The number of methoxy groups -OCH3 is 1. The fourth-order valence-electron chi connectivity index (χ4n) is 0.821. The first-order chi connectivity index (χ1) is 5.13. The molecule has 64 valence electrons. The van der Waals surface area contributed by atoms with Gasteiger partial charge in [0.25, 0.3) is 0 Å². The monoisotopic (exact) mass is 158 g/mol. The zero-order valence-electron chi connectivity index (χ0n) is 6.91. The van der Waals surface area contributed by atoms with Gasteiger partial charge in [-0.1, -0.05) is 6.08 Å². The second-order valence-corrected chi connectivity index (χ2v) is 2.39. The number of carbonyl (C=O) groups excluding carboxylic acids is 1. The van der Waals surface area contributed by atoms with Gasteiger partial charge in [-0.2, -0.15) is 0 Å². The van der Waals surface area contributed by atoms with E-state index < -0.39 is 12.0 Å². The molecule has 0 spiro atoms. The molecule has 0 aliphatic carbocycles. The number of hydrogen-bond acceptors (Lipinski definition) is 3. The van der Waals surface area contributed by atoms with Gasteiger partial charge < -0.3 is 9.84 Å². The van der Waals surface area contributed by atoms with Crippen LogP contribution in [0.1, 0.15) is 13.3 Å². The van der Waals surface area contributed by atoms with Crippen molar-refractivity contribution in [2.45, 2.75) is 19.4 Å². The van der Waals surface area contributed by atoms with E-state index in [0.717, 1.165) is 0 Å². The average molecular weight is 158 g/mol. The molecule has 0 aromatic heterocycles. The van der Waals surface area contributed by atoms with Gasteiger partial charge in [0.05, 0.1) is 19.1 Å². The van der Waals surface area contributed by atoms with Crippen LogP contribution in [0.5, 0.6) is 0 Å². The number of rotatable bonds is 4. The molecule has 0 aliphatic heterocycles. The zero-order chi connectivity index (χ0) is 8.85. The summed E-state index contributed by atoms with van der Waals surface area (Å²) in [6, 6.07) is 0. The largest absolute Gasteiger partial charge is 0.469 e. The SMILES string of the molecule is C=CCC(C(=O)OC)[C@@H](C)O. The van der Waals surface area contributed by atoms with Crippen LogP contribution in [0.3, 0.4) is 0 Å². The van der Waals surface area contributed by atoms with Crippen molar-refractivity contribution in [3.63, 3.8) is 0 Å². The summed E-state index contributed by atoms with van der Waals surface area (Å²) < 4.78 is 4.48. The number of carbonyl (C=O) groups is 1. The molecule has 0 aromatic carbocycles. The van der Waals surface area contributed by atoms with Crippen molar-refractivity contribution in [1.82, 2.24) is 0 Å². The predicted octanol–water partition coefficient (Wildman–Crippen LogP) is 0.732. The van der Waals surface area contributed by atoms with Gasteiger partial charge in [-0.3, -0.25) is 4.79 Å². The Morgan fingerprint density at radius 1 is 1.82 bits per heavy atom. The first-order valence-electron chi connectivity index (χ1n) is 3.50. The Balaban J connectivity index is 4.08. The van der Waals surface area contributed by atoms with E-state index >= 15 is 0 Å². The van der Waals surface area contributed by atoms with Gasteiger partial charge in [0.2, 0.25) is 0 Å². The number of ether oxygens (including phenoxy) is 1. The summed E-state index contributed by atoms with van der Waals surface area (Å²) in [5.41, 5.74) is 0. The summed E-state index contributed by atoms with van der Waals surface area (Å²) >= 11 is 0. The maximum absolute atomic E-state index is 10.9. The molecule has 0 saturated carbocycles. The van der Waals surface area contributed by atoms with Crippen LogP contribution in [0, 0.1) is 5.92 Å². The Labute approximate surface area is 66.7 Å². The molecule has 11 heavy (non-hydrogen) atoms. The summed E-state index contributed by atoms with van der Waals surface area (Å²) in [4.78, 5) is 10.9. The van der Waals surface area contributed by atoms with Crippen molar-refractivity contribution in [2.75, 3.05) is 7.11 Å². The third-order valence-corrected chi connectivity index (χ3v) is 1.51. The molecule has 3 heteroatoms. The normalized spacial score (nSPS) is 15.2. The minimum absolute atomic E-state index is 0.389. The molecule has 0 aromatic rings. The highest BCUT2D eigenvalue weighted by molar-refractivity contribution is 5.73. The number of esters is 1. The minimum atomic E-state index is -0.680. The lowest BCUT2D eigenvalue weighted by molar-refractivity contribution is -0.148. The lowest BCUT2D eigenvalue weighted by Gasteiger charge is -2.14. The summed E-state index contributed by atoms with van der Waals surface area (Å²) in [5.74, 6) is -0.864. The lowest BCUT2D eigenvalue weighted by Crippen LogP contribution is -2.26. The molecule has 0 heterocycles. The van der Waals surface area contributed by atoms with Crippen molar-refractivity contribution in [1.29, 1.82) is 0 Å². The summed E-state index contributed by atoms with van der Waals surface area (Å²) in [7, 11) is 1.31. The van der Waals surface area contributed by atoms with E-state index in [2.05, 4.69) is 11.3 Å². The fourth-order valence-corrected chi connectivity index (χ4v) is 0.821. The molecule has 0 rings (SSSR count). The van der Waals surface area contributed by atoms with E-state index in [0.29, 0.717) is 6.42 Å². The third-order valence-electron chi connectivity index (χ3n) is 1.51. The van der Waals surface area contributed by atoms with E-state index in [1.807, 2.05) is 0 Å². The van der Waals surface area contributed by atoms with Crippen LogP contribution in [0.4, 0.5) is 0 Å². The molecule has 1 unspecified atom stereocenters. The molecular weight excluding hydrogens is 144 g/mol. The summed E-state index contributed by atoms with van der Waals surface area (Å²) in [6.07, 6.45) is 1.36. The number of aliphatic hydroxyl groups excluding tert-OH is 1. The highest BCUT2D eigenvalue weighted by Gasteiger charge is 2.22. The van der Waals surface area contributed by atoms with Crippen molar-refractivity contribution >= 4 is 5.97 Å². The van der Waals surface area contributed by atoms with Gasteiger partial charge in [-0.25, -0.2) is 0 Å². The summed E-state index contributed by atoms with van der Waals surface area (Å²) in [6.45, 7) is 5.04. The highest BCUT2D eigenvalue weighted by Crippen LogP contribution is 2.10. The molecular formula is C8H14O3. The van der Waals surface area contributed by atoms with Crippen LogP contribution >= 0.6 is 0 Å². The second-order valence-electron chi connectivity index (χ2n) is 2.39. The minimum Gasteiger partial charge on any atom is -0.469 e. The van der Waals surface area contributed by atoms with Crippen LogP contribution in [0.2, 0.25) is 0 Å². The summed E-state index contributed by atoms with van der Waals surface area (Å²) in [5, 5.41) is 9.10. The number of aliphatic hydroxyl groups is 1. The van der Waals surface area contributed by atoms with E-state index in [4.69, 9.17) is 5.11 Å². The third kappa shape index (κ3) is 3.18. The van der Waals surface area contributed by atoms with E-state index in [-0.39, 0.29) is 5.97 Å². The zero-order valence-corrected chi connectivity index (χ0v) is 6.91. The van der Waals surface area contributed by atoms with Crippen LogP contribution in [0.15, 0.2) is 12.7 Å². The molecule has 0 bridgehead atoms. The van der Waals surface area contributed by atoms with E-state index in [1.54, 1.807) is 13.0 Å². The van der Waals surface area contributed by atoms with Crippen LogP contribution in [-0.4, -0.2) is 24.3 Å². The Morgan fingerprint density at radius 3 is 2.64 bits per heavy atom. The van der Waals surface area contributed by atoms with Crippen molar-refractivity contribution in [3.05, 3.63) is 12.7 Å². The van der Waals surface area contributed by atoms with Gasteiger partial charge in [0, 0.05) is 0 Å². The topological polar surface area (TPSA) is 46.5 Å². The fraction of sp³-hybridized carbons (Fsp3) is 0.625. The van der Waals surface area contributed by atoms with Crippen LogP contribution in [-0.2, 0) is 9.53 Å². The first kappa shape index (κ1) is 10.2. The predicted molar refractivity (Wildman–Crippen MR) is 42.0 cm³/mol. The molecule has 1 N–H and O–H groups in total. The molecule has 0 amide bonds.